The second-order valence-electron chi connectivity index (χ2n) is 6.97. The molecule has 0 spiro atoms. The van der Waals surface area contributed by atoms with Crippen molar-refractivity contribution in [1.82, 2.24) is 20.5 Å². The molecule has 28 heavy (non-hydrogen) atoms. The fourth-order valence-corrected chi connectivity index (χ4v) is 4.22. The van der Waals surface area contributed by atoms with E-state index in [1.54, 1.807) is 18.4 Å². The number of hydrogen-bond donors (Lipinski definition) is 2. The fraction of sp³-hybridized carbons (Fsp3) is 0.524. The van der Waals surface area contributed by atoms with Crippen LogP contribution in [0.4, 0.5) is 0 Å². The molecule has 1 atom stereocenters. The molecule has 152 valence electrons. The zero-order valence-corrected chi connectivity index (χ0v) is 17.9. The average Bonchev–Trinajstić information content (AvgIpc) is 3.38. The van der Waals surface area contributed by atoms with Crippen LogP contribution in [0.5, 0.6) is 5.75 Å². The third-order valence-corrected chi connectivity index (χ3v) is 6.01. The molecule has 1 fully saturated rings. The molecule has 2 aromatic rings. The van der Waals surface area contributed by atoms with Gasteiger partial charge in [-0.15, -0.1) is 11.3 Å². The number of thiazole rings is 1. The van der Waals surface area contributed by atoms with Crippen LogP contribution in [-0.4, -0.2) is 49.1 Å². The van der Waals surface area contributed by atoms with Crippen LogP contribution in [-0.2, 0) is 6.54 Å². The lowest BCUT2D eigenvalue weighted by Crippen LogP contribution is -2.42. The Bertz CT molecular complexity index is 770. The number of rotatable bonds is 8. The quantitative estimate of drug-likeness (QED) is 0.525. The first-order valence-corrected chi connectivity index (χ1v) is 10.9. The Kier molecular flexibility index (Phi) is 7.68. The summed E-state index contributed by atoms with van der Waals surface area (Å²) < 4.78 is 5.44. The van der Waals surface area contributed by atoms with Crippen LogP contribution in [0.3, 0.4) is 0 Å². The van der Waals surface area contributed by atoms with Gasteiger partial charge in [-0.25, -0.2) is 9.98 Å². The van der Waals surface area contributed by atoms with Crippen LogP contribution >= 0.6 is 11.3 Å². The Morgan fingerprint density at radius 1 is 1.32 bits per heavy atom. The van der Waals surface area contributed by atoms with E-state index in [1.807, 2.05) is 18.5 Å². The first-order chi connectivity index (χ1) is 13.7. The summed E-state index contributed by atoms with van der Waals surface area (Å²) in [6.07, 6.45) is 2.53. The first kappa shape index (κ1) is 20.6. The number of likely N-dealkylation sites (tertiary alicyclic amines) is 1. The van der Waals surface area contributed by atoms with E-state index in [1.165, 1.54) is 23.3 Å². The molecule has 0 bridgehead atoms. The largest absolute Gasteiger partial charge is 0.497 e. The summed E-state index contributed by atoms with van der Waals surface area (Å²) in [5, 5.41) is 6.92. The number of hydrogen-bond acceptors (Lipinski definition) is 5. The maximum Gasteiger partial charge on any atom is 0.191 e. The summed E-state index contributed by atoms with van der Waals surface area (Å²) in [6, 6.07) is 8.71. The molecule has 1 aliphatic rings. The number of aromatic nitrogens is 1. The third kappa shape index (κ3) is 5.45. The van der Waals surface area contributed by atoms with Gasteiger partial charge >= 0.3 is 0 Å². The highest BCUT2D eigenvalue weighted by Crippen LogP contribution is 2.27. The number of aliphatic imine (C=N–C) groups is 1. The zero-order valence-electron chi connectivity index (χ0n) is 17.1. The Balaban J connectivity index is 1.72. The van der Waals surface area contributed by atoms with E-state index in [0.717, 1.165) is 43.6 Å². The number of ether oxygens (including phenoxy) is 1. The lowest BCUT2D eigenvalue weighted by Gasteiger charge is -2.29. The van der Waals surface area contributed by atoms with Gasteiger partial charge in [-0.1, -0.05) is 12.1 Å². The standard InChI is InChI=1S/C21H31N5OS/c1-4-22-21(24-14-20-16(2)25-15-28-20)23-13-19(26-10-5-6-11-26)17-8-7-9-18(12-17)27-3/h7-9,12,15,19H,4-6,10-11,13-14H2,1-3H3,(H2,22,23,24). The van der Waals surface area contributed by atoms with Gasteiger partial charge in [-0.05, 0) is 57.5 Å². The number of nitrogens with zero attached hydrogens (tertiary/aromatic N) is 3. The molecule has 3 rings (SSSR count). The van der Waals surface area contributed by atoms with Gasteiger partial charge in [-0.3, -0.25) is 4.90 Å². The van der Waals surface area contributed by atoms with E-state index >= 15 is 0 Å². The fourth-order valence-electron chi connectivity index (χ4n) is 3.52. The summed E-state index contributed by atoms with van der Waals surface area (Å²) in [5.74, 6) is 1.75. The van der Waals surface area contributed by atoms with Crippen molar-refractivity contribution in [3.05, 3.63) is 45.9 Å². The van der Waals surface area contributed by atoms with E-state index in [9.17, 15) is 0 Å². The normalized spacial score (nSPS) is 16.2. The molecule has 6 nitrogen and oxygen atoms in total. The molecular weight excluding hydrogens is 370 g/mol. The van der Waals surface area contributed by atoms with Gasteiger partial charge in [0.2, 0.25) is 0 Å². The van der Waals surface area contributed by atoms with Crippen LogP contribution in [0.15, 0.2) is 34.8 Å². The molecule has 1 aromatic carbocycles. The SMILES string of the molecule is CCNC(=NCc1scnc1C)NCC(c1cccc(OC)c1)N1CCCC1. The van der Waals surface area contributed by atoms with Crippen molar-refractivity contribution in [2.24, 2.45) is 4.99 Å². The van der Waals surface area contributed by atoms with Crippen LogP contribution in [0.25, 0.3) is 0 Å². The highest BCUT2D eigenvalue weighted by atomic mass is 32.1. The van der Waals surface area contributed by atoms with Gasteiger partial charge in [0.15, 0.2) is 5.96 Å². The smallest absolute Gasteiger partial charge is 0.191 e. The van der Waals surface area contributed by atoms with Crippen molar-refractivity contribution >= 4 is 17.3 Å². The van der Waals surface area contributed by atoms with Gasteiger partial charge in [0, 0.05) is 18.0 Å². The number of nitrogens with one attached hydrogen (secondary N) is 2. The second kappa shape index (κ2) is 10.4. The highest BCUT2D eigenvalue weighted by Gasteiger charge is 2.24. The molecular formula is C21H31N5OS. The molecule has 0 amide bonds. The van der Waals surface area contributed by atoms with Crippen molar-refractivity contribution in [3.63, 3.8) is 0 Å². The minimum absolute atomic E-state index is 0.298. The van der Waals surface area contributed by atoms with Crippen LogP contribution in [0.2, 0.25) is 0 Å². The van der Waals surface area contributed by atoms with Crippen molar-refractivity contribution in [2.45, 2.75) is 39.3 Å². The molecule has 1 unspecified atom stereocenters. The van der Waals surface area contributed by atoms with E-state index in [4.69, 9.17) is 9.73 Å². The molecule has 2 heterocycles. The molecule has 1 aliphatic heterocycles. The minimum atomic E-state index is 0.298. The first-order valence-electron chi connectivity index (χ1n) is 10.0. The zero-order chi connectivity index (χ0) is 19.8. The van der Waals surface area contributed by atoms with Gasteiger partial charge in [0.05, 0.1) is 30.9 Å². The average molecular weight is 402 g/mol. The molecule has 0 aliphatic carbocycles. The predicted octanol–water partition coefficient (Wildman–Crippen LogP) is 3.35. The molecule has 1 aromatic heterocycles. The molecule has 7 heteroatoms. The van der Waals surface area contributed by atoms with Crippen LogP contribution in [0, 0.1) is 6.92 Å². The summed E-state index contributed by atoms with van der Waals surface area (Å²) in [6.45, 7) is 8.69. The number of guanidine groups is 1. The molecule has 0 saturated carbocycles. The molecule has 2 N–H and O–H groups in total. The Morgan fingerprint density at radius 2 is 2.14 bits per heavy atom. The summed E-state index contributed by atoms with van der Waals surface area (Å²) in [5.41, 5.74) is 4.23. The number of methoxy groups -OCH3 is 1. The second-order valence-corrected chi connectivity index (χ2v) is 7.91. The summed E-state index contributed by atoms with van der Waals surface area (Å²) in [4.78, 5) is 12.8. The van der Waals surface area contributed by atoms with Gasteiger partial charge in [-0.2, -0.15) is 0 Å². The minimum Gasteiger partial charge on any atom is -0.497 e. The van der Waals surface area contributed by atoms with E-state index in [-0.39, 0.29) is 0 Å². The van der Waals surface area contributed by atoms with Gasteiger partial charge < -0.3 is 15.4 Å². The van der Waals surface area contributed by atoms with E-state index in [2.05, 4.69) is 45.6 Å². The van der Waals surface area contributed by atoms with Crippen molar-refractivity contribution in [3.8, 4) is 5.75 Å². The summed E-state index contributed by atoms with van der Waals surface area (Å²) >= 11 is 1.66. The molecule has 1 saturated heterocycles. The summed E-state index contributed by atoms with van der Waals surface area (Å²) in [7, 11) is 1.72. The van der Waals surface area contributed by atoms with Crippen LogP contribution in [0.1, 0.15) is 41.9 Å². The molecule has 0 radical (unpaired) electrons. The monoisotopic (exact) mass is 401 g/mol. The van der Waals surface area contributed by atoms with Gasteiger partial charge in [0.25, 0.3) is 0 Å². The van der Waals surface area contributed by atoms with Crippen molar-refractivity contribution in [1.29, 1.82) is 0 Å². The predicted molar refractivity (Wildman–Crippen MR) is 116 cm³/mol. The number of benzene rings is 1. The topological polar surface area (TPSA) is 61.8 Å². The van der Waals surface area contributed by atoms with E-state index in [0.29, 0.717) is 12.6 Å². The highest BCUT2D eigenvalue weighted by molar-refractivity contribution is 7.09. The lowest BCUT2D eigenvalue weighted by molar-refractivity contribution is 0.245. The Labute approximate surface area is 172 Å². The Morgan fingerprint density at radius 3 is 2.82 bits per heavy atom. The lowest BCUT2D eigenvalue weighted by atomic mass is 10.1. The number of aryl methyl sites for hydroxylation is 1. The Hall–Kier alpha value is -2.12. The maximum absolute atomic E-state index is 5.44. The van der Waals surface area contributed by atoms with Crippen molar-refractivity contribution < 1.29 is 4.74 Å². The van der Waals surface area contributed by atoms with Gasteiger partial charge in [0.1, 0.15) is 5.75 Å². The van der Waals surface area contributed by atoms with Crippen LogP contribution < -0.4 is 15.4 Å². The maximum atomic E-state index is 5.44. The van der Waals surface area contributed by atoms with Crippen molar-refractivity contribution in [2.75, 3.05) is 33.3 Å². The third-order valence-electron chi connectivity index (χ3n) is 5.09. The van der Waals surface area contributed by atoms with E-state index < -0.39 is 0 Å².